The van der Waals surface area contributed by atoms with Gasteiger partial charge in [0.15, 0.2) is 0 Å². The highest BCUT2D eigenvalue weighted by atomic mass is 16.1. The van der Waals surface area contributed by atoms with Gasteiger partial charge in [-0.15, -0.1) is 0 Å². The number of nitrogens with zero attached hydrogens (tertiary/aromatic N) is 1. The first-order valence-corrected chi connectivity index (χ1v) is 2.64. The maximum atomic E-state index is 10.7. The standard InChI is InChI=1S/C7H7NO/c1-2-8-6-4-3-5-7(8)9/h2-6H,1H2. The molecular formula is C7H7NO. The number of rotatable bonds is 1. The highest BCUT2D eigenvalue weighted by Crippen LogP contribution is 1.78. The highest BCUT2D eigenvalue weighted by molar-refractivity contribution is 5.16. The molecule has 2 heteroatoms. The molecule has 0 radical (unpaired) electrons. The minimum atomic E-state index is -0.0486. The van der Waals surface area contributed by atoms with Crippen molar-refractivity contribution in [1.82, 2.24) is 4.57 Å². The summed E-state index contributed by atoms with van der Waals surface area (Å²) < 4.78 is 1.42. The molecule has 1 rings (SSSR count). The van der Waals surface area contributed by atoms with Crippen LogP contribution in [-0.2, 0) is 0 Å². The Kier molecular flexibility index (Phi) is 1.49. The Morgan fingerprint density at radius 2 is 2.33 bits per heavy atom. The Morgan fingerprint density at radius 3 is 2.78 bits per heavy atom. The third kappa shape index (κ3) is 1.08. The fraction of sp³-hybridized carbons (Fsp3) is 0. The normalized spacial score (nSPS) is 8.89. The van der Waals surface area contributed by atoms with Crippen LogP contribution in [0, 0.1) is 0 Å². The van der Waals surface area contributed by atoms with Gasteiger partial charge in [0.05, 0.1) is 0 Å². The Hall–Kier alpha value is -1.31. The maximum Gasteiger partial charge on any atom is 0.254 e. The molecule has 1 aromatic heterocycles. The minimum absolute atomic E-state index is 0.0486. The van der Waals surface area contributed by atoms with Gasteiger partial charge >= 0.3 is 0 Å². The number of pyridine rings is 1. The van der Waals surface area contributed by atoms with Gasteiger partial charge in [-0.3, -0.25) is 9.36 Å². The van der Waals surface area contributed by atoms with Crippen molar-refractivity contribution >= 4 is 6.20 Å². The van der Waals surface area contributed by atoms with Gasteiger partial charge in [-0.2, -0.15) is 0 Å². The molecule has 46 valence electrons. The Bertz CT molecular complexity index is 262. The predicted molar refractivity (Wildman–Crippen MR) is 37.1 cm³/mol. The molecule has 0 aliphatic heterocycles. The van der Waals surface area contributed by atoms with E-state index in [2.05, 4.69) is 6.58 Å². The van der Waals surface area contributed by atoms with Gasteiger partial charge in [-0.05, 0) is 6.07 Å². The molecule has 9 heavy (non-hydrogen) atoms. The molecule has 0 saturated carbocycles. The first-order chi connectivity index (χ1) is 4.34. The van der Waals surface area contributed by atoms with Crippen molar-refractivity contribution in [1.29, 1.82) is 0 Å². The van der Waals surface area contributed by atoms with Crippen LogP contribution in [0.5, 0.6) is 0 Å². The molecule has 0 bridgehead atoms. The van der Waals surface area contributed by atoms with Gasteiger partial charge < -0.3 is 0 Å². The number of hydrogen-bond acceptors (Lipinski definition) is 1. The van der Waals surface area contributed by atoms with Crippen molar-refractivity contribution in [2.24, 2.45) is 0 Å². The van der Waals surface area contributed by atoms with E-state index in [0.29, 0.717) is 0 Å². The molecule has 0 aromatic carbocycles. The van der Waals surface area contributed by atoms with Crippen molar-refractivity contribution < 1.29 is 0 Å². The quantitative estimate of drug-likeness (QED) is 0.542. The number of hydrogen-bond donors (Lipinski definition) is 0. The van der Waals surface area contributed by atoms with E-state index in [1.54, 1.807) is 18.3 Å². The average Bonchev–Trinajstić information content (AvgIpc) is 1.89. The van der Waals surface area contributed by atoms with Gasteiger partial charge in [-0.1, -0.05) is 12.6 Å². The average molecular weight is 121 g/mol. The first kappa shape index (κ1) is 5.82. The maximum absolute atomic E-state index is 10.7. The molecule has 0 fully saturated rings. The van der Waals surface area contributed by atoms with E-state index in [-0.39, 0.29) is 5.56 Å². The SMILES string of the molecule is C=Cn1ccccc1=O. The third-order valence-corrected chi connectivity index (χ3v) is 1.05. The summed E-state index contributed by atoms with van der Waals surface area (Å²) in [6.45, 7) is 3.45. The topological polar surface area (TPSA) is 22.0 Å². The van der Waals surface area contributed by atoms with Crippen molar-refractivity contribution in [2.45, 2.75) is 0 Å². The minimum Gasteiger partial charge on any atom is -0.292 e. The van der Waals surface area contributed by atoms with Crippen molar-refractivity contribution in [3.05, 3.63) is 41.3 Å². The second kappa shape index (κ2) is 2.31. The van der Waals surface area contributed by atoms with Gasteiger partial charge in [0.25, 0.3) is 5.56 Å². The molecule has 0 unspecified atom stereocenters. The fourth-order valence-electron chi connectivity index (χ4n) is 0.591. The second-order valence-corrected chi connectivity index (χ2v) is 1.63. The van der Waals surface area contributed by atoms with E-state index in [1.807, 2.05) is 0 Å². The van der Waals surface area contributed by atoms with E-state index < -0.39 is 0 Å². The lowest BCUT2D eigenvalue weighted by atomic mass is 10.5. The molecule has 1 aromatic rings. The van der Waals surface area contributed by atoms with Crippen LogP contribution in [0.25, 0.3) is 6.20 Å². The fourth-order valence-corrected chi connectivity index (χ4v) is 0.591. The molecule has 1 heterocycles. The van der Waals surface area contributed by atoms with Crippen molar-refractivity contribution in [2.75, 3.05) is 0 Å². The van der Waals surface area contributed by atoms with Crippen LogP contribution in [0.15, 0.2) is 35.8 Å². The molecule has 0 N–H and O–H groups in total. The van der Waals surface area contributed by atoms with E-state index in [4.69, 9.17) is 0 Å². The summed E-state index contributed by atoms with van der Waals surface area (Å²) >= 11 is 0. The molecule has 0 saturated heterocycles. The molecule has 0 spiro atoms. The van der Waals surface area contributed by atoms with Gasteiger partial charge in [0.1, 0.15) is 0 Å². The van der Waals surface area contributed by atoms with E-state index in [9.17, 15) is 4.79 Å². The zero-order chi connectivity index (χ0) is 6.69. The van der Waals surface area contributed by atoms with Crippen LogP contribution in [0.1, 0.15) is 0 Å². The lowest BCUT2D eigenvalue weighted by Crippen LogP contribution is -2.11. The zero-order valence-corrected chi connectivity index (χ0v) is 4.95. The summed E-state index contributed by atoms with van der Waals surface area (Å²) in [7, 11) is 0. The van der Waals surface area contributed by atoms with Gasteiger partial charge in [-0.25, -0.2) is 0 Å². The highest BCUT2D eigenvalue weighted by Gasteiger charge is 1.82. The number of aromatic nitrogens is 1. The lowest BCUT2D eigenvalue weighted by Gasteiger charge is -1.91. The molecule has 0 aliphatic carbocycles. The van der Waals surface area contributed by atoms with Crippen LogP contribution >= 0.6 is 0 Å². The molecular weight excluding hydrogens is 114 g/mol. The Balaban J connectivity index is 3.32. The van der Waals surface area contributed by atoms with Crippen LogP contribution < -0.4 is 5.56 Å². The summed E-state index contributed by atoms with van der Waals surface area (Å²) in [5.41, 5.74) is -0.0486. The van der Waals surface area contributed by atoms with Crippen molar-refractivity contribution in [3.63, 3.8) is 0 Å². The Labute approximate surface area is 53.1 Å². The van der Waals surface area contributed by atoms with E-state index in [1.165, 1.54) is 16.8 Å². The van der Waals surface area contributed by atoms with Gasteiger partial charge in [0.2, 0.25) is 0 Å². The van der Waals surface area contributed by atoms with E-state index in [0.717, 1.165) is 0 Å². The largest absolute Gasteiger partial charge is 0.292 e. The summed E-state index contributed by atoms with van der Waals surface area (Å²) in [4.78, 5) is 10.7. The zero-order valence-electron chi connectivity index (χ0n) is 4.95. The summed E-state index contributed by atoms with van der Waals surface area (Å²) in [5, 5.41) is 0. The molecule has 0 amide bonds. The molecule has 2 nitrogen and oxygen atoms in total. The van der Waals surface area contributed by atoms with Crippen LogP contribution in [-0.4, -0.2) is 4.57 Å². The summed E-state index contributed by atoms with van der Waals surface area (Å²) in [5.74, 6) is 0. The van der Waals surface area contributed by atoms with E-state index >= 15 is 0 Å². The first-order valence-electron chi connectivity index (χ1n) is 2.64. The Morgan fingerprint density at radius 1 is 1.56 bits per heavy atom. The van der Waals surface area contributed by atoms with Crippen molar-refractivity contribution in [3.8, 4) is 0 Å². The smallest absolute Gasteiger partial charge is 0.254 e. The predicted octanol–water partition coefficient (Wildman–Crippen LogP) is 0.949. The molecule has 0 aliphatic rings. The third-order valence-electron chi connectivity index (χ3n) is 1.05. The summed E-state index contributed by atoms with van der Waals surface area (Å²) in [6.07, 6.45) is 3.14. The van der Waals surface area contributed by atoms with Crippen LogP contribution in [0.4, 0.5) is 0 Å². The lowest BCUT2D eigenvalue weighted by molar-refractivity contribution is 1.06. The van der Waals surface area contributed by atoms with Crippen LogP contribution in [0.2, 0.25) is 0 Å². The summed E-state index contributed by atoms with van der Waals surface area (Å²) in [6, 6.07) is 4.97. The van der Waals surface area contributed by atoms with Crippen LogP contribution in [0.3, 0.4) is 0 Å². The van der Waals surface area contributed by atoms with Gasteiger partial charge in [0, 0.05) is 18.5 Å². The second-order valence-electron chi connectivity index (χ2n) is 1.63. The molecule has 0 atom stereocenters. The monoisotopic (exact) mass is 121 g/mol.